The van der Waals surface area contributed by atoms with Gasteiger partial charge in [-0.1, -0.05) is 25.1 Å². The predicted octanol–water partition coefficient (Wildman–Crippen LogP) is 3.09. The second kappa shape index (κ2) is 6.59. The number of hydrogen-bond donors (Lipinski definition) is 1. The van der Waals surface area contributed by atoms with Gasteiger partial charge in [-0.3, -0.25) is 0 Å². The van der Waals surface area contributed by atoms with Crippen LogP contribution in [-0.2, 0) is 11.2 Å². The molecule has 1 N–H and O–H groups in total. The number of nitrogens with one attached hydrogen (secondary N) is 1. The Labute approximate surface area is 121 Å². The van der Waals surface area contributed by atoms with Crippen LogP contribution in [0.25, 0.3) is 0 Å². The third-order valence-corrected chi connectivity index (χ3v) is 4.39. The Hall–Kier alpha value is -1.06. The van der Waals surface area contributed by atoms with Crippen LogP contribution in [-0.4, -0.2) is 26.4 Å². The van der Waals surface area contributed by atoms with Crippen LogP contribution in [0.3, 0.4) is 0 Å². The van der Waals surface area contributed by atoms with Crippen molar-refractivity contribution in [2.75, 3.05) is 26.4 Å². The summed E-state index contributed by atoms with van der Waals surface area (Å²) in [4.78, 5) is 0. The maximum Gasteiger partial charge on any atom is 0.127 e. The summed E-state index contributed by atoms with van der Waals surface area (Å²) in [7, 11) is 0. The fourth-order valence-electron chi connectivity index (χ4n) is 3.44. The van der Waals surface area contributed by atoms with Crippen LogP contribution in [0.4, 0.5) is 0 Å². The number of ether oxygens (including phenoxy) is 2. The van der Waals surface area contributed by atoms with Crippen molar-refractivity contribution in [2.45, 2.75) is 38.6 Å². The molecule has 1 fully saturated rings. The van der Waals surface area contributed by atoms with Gasteiger partial charge in [-0.2, -0.15) is 0 Å². The van der Waals surface area contributed by atoms with Crippen LogP contribution < -0.4 is 10.1 Å². The predicted molar refractivity (Wildman–Crippen MR) is 80.2 cm³/mol. The summed E-state index contributed by atoms with van der Waals surface area (Å²) in [6, 6.07) is 6.97. The molecule has 0 spiro atoms. The van der Waals surface area contributed by atoms with Crippen LogP contribution in [0.2, 0.25) is 0 Å². The standard InChI is InChI=1S/C17H25NO2/c1-2-18-16(14-8-4-10-19-12-14)15-9-3-6-13-7-5-11-20-17(13)15/h3,6,9,14,16,18H,2,4-5,7-8,10-12H2,1H3. The van der Waals surface area contributed by atoms with E-state index in [0.29, 0.717) is 12.0 Å². The van der Waals surface area contributed by atoms with Crippen LogP contribution >= 0.6 is 0 Å². The van der Waals surface area contributed by atoms with Gasteiger partial charge < -0.3 is 14.8 Å². The third kappa shape index (κ3) is 2.84. The van der Waals surface area contributed by atoms with Crippen molar-refractivity contribution in [3.63, 3.8) is 0 Å². The monoisotopic (exact) mass is 275 g/mol. The smallest absolute Gasteiger partial charge is 0.127 e. The second-order valence-electron chi connectivity index (χ2n) is 5.80. The lowest BCUT2D eigenvalue weighted by Crippen LogP contribution is -2.34. The SMILES string of the molecule is CCNC(c1cccc2c1OCCC2)C1CCCOC1. The molecule has 0 radical (unpaired) electrons. The molecule has 0 bridgehead atoms. The van der Waals surface area contributed by atoms with E-state index in [2.05, 4.69) is 30.4 Å². The molecule has 2 aliphatic rings. The first-order valence-corrected chi connectivity index (χ1v) is 7.96. The molecule has 2 heterocycles. The van der Waals surface area contributed by atoms with Crippen molar-refractivity contribution >= 4 is 0 Å². The van der Waals surface area contributed by atoms with Gasteiger partial charge in [0.05, 0.1) is 13.2 Å². The molecular formula is C17H25NO2. The molecule has 0 aliphatic carbocycles. The first kappa shape index (κ1) is 13.9. The van der Waals surface area contributed by atoms with Gasteiger partial charge >= 0.3 is 0 Å². The van der Waals surface area contributed by atoms with Crippen molar-refractivity contribution in [1.29, 1.82) is 0 Å². The van der Waals surface area contributed by atoms with Crippen LogP contribution in [0.1, 0.15) is 43.4 Å². The largest absolute Gasteiger partial charge is 0.493 e. The van der Waals surface area contributed by atoms with Crippen molar-refractivity contribution in [3.8, 4) is 5.75 Å². The Morgan fingerprint density at radius 2 is 2.25 bits per heavy atom. The Bertz CT molecular complexity index is 441. The minimum atomic E-state index is 0.355. The summed E-state index contributed by atoms with van der Waals surface area (Å²) >= 11 is 0. The molecule has 1 aromatic carbocycles. The van der Waals surface area contributed by atoms with E-state index in [1.807, 2.05) is 0 Å². The number of fused-ring (bicyclic) bond motifs is 1. The number of hydrogen-bond acceptors (Lipinski definition) is 3. The Morgan fingerprint density at radius 1 is 1.30 bits per heavy atom. The van der Waals surface area contributed by atoms with E-state index in [1.165, 1.54) is 24.0 Å². The maximum atomic E-state index is 5.99. The van der Waals surface area contributed by atoms with Crippen LogP contribution in [0.15, 0.2) is 18.2 Å². The summed E-state index contributed by atoms with van der Waals surface area (Å²) in [5.74, 6) is 1.69. The van der Waals surface area contributed by atoms with Crippen molar-refractivity contribution in [2.24, 2.45) is 5.92 Å². The normalized spacial score (nSPS) is 23.8. The van der Waals surface area contributed by atoms with Gasteiger partial charge in [0.15, 0.2) is 0 Å². The minimum absolute atomic E-state index is 0.355. The molecule has 3 nitrogen and oxygen atoms in total. The van der Waals surface area contributed by atoms with E-state index < -0.39 is 0 Å². The molecule has 0 amide bonds. The van der Waals surface area contributed by atoms with E-state index in [0.717, 1.165) is 45.0 Å². The lowest BCUT2D eigenvalue weighted by molar-refractivity contribution is 0.0387. The number of benzene rings is 1. The average Bonchev–Trinajstić information content (AvgIpc) is 2.53. The first-order valence-electron chi connectivity index (χ1n) is 7.96. The minimum Gasteiger partial charge on any atom is -0.493 e. The van der Waals surface area contributed by atoms with Gasteiger partial charge in [-0.05, 0) is 37.8 Å². The highest BCUT2D eigenvalue weighted by Crippen LogP contribution is 2.38. The zero-order valence-corrected chi connectivity index (χ0v) is 12.4. The Morgan fingerprint density at radius 3 is 3.05 bits per heavy atom. The van der Waals surface area contributed by atoms with Crippen molar-refractivity contribution < 1.29 is 9.47 Å². The Kier molecular flexibility index (Phi) is 4.58. The average molecular weight is 275 g/mol. The van der Waals surface area contributed by atoms with E-state index in [4.69, 9.17) is 9.47 Å². The molecule has 1 saturated heterocycles. The number of aryl methyl sites for hydroxylation is 1. The van der Waals surface area contributed by atoms with Gasteiger partial charge in [0, 0.05) is 24.1 Å². The fourth-order valence-corrected chi connectivity index (χ4v) is 3.44. The lowest BCUT2D eigenvalue weighted by atomic mass is 9.86. The van der Waals surface area contributed by atoms with E-state index in [-0.39, 0.29) is 0 Å². The first-order chi connectivity index (χ1) is 9.90. The highest BCUT2D eigenvalue weighted by atomic mass is 16.5. The highest BCUT2D eigenvalue weighted by Gasteiger charge is 2.28. The third-order valence-electron chi connectivity index (χ3n) is 4.39. The second-order valence-corrected chi connectivity index (χ2v) is 5.80. The zero-order chi connectivity index (χ0) is 13.8. The van der Waals surface area contributed by atoms with Crippen LogP contribution in [0.5, 0.6) is 5.75 Å². The molecule has 110 valence electrons. The summed E-state index contributed by atoms with van der Waals surface area (Å²) in [5, 5.41) is 3.66. The highest BCUT2D eigenvalue weighted by molar-refractivity contribution is 5.44. The summed E-state index contributed by atoms with van der Waals surface area (Å²) in [5.41, 5.74) is 2.70. The van der Waals surface area contributed by atoms with Gasteiger partial charge in [0.25, 0.3) is 0 Å². The number of rotatable bonds is 4. The summed E-state index contributed by atoms with van der Waals surface area (Å²) in [6.45, 7) is 5.78. The van der Waals surface area contributed by atoms with Gasteiger partial charge in [-0.15, -0.1) is 0 Å². The molecule has 3 heteroatoms. The Balaban J connectivity index is 1.90. The van der Waals surface area contributed by atoms with Gasteiger partial charge in [0.1, 0.15) is 5.75 Å². The van der Waals surface area contributed by atoms with Crippen molar-refractivity contribution in [1.82, 2.24) is 5.32 Å². The molecule has 20 heavy (non-hydrogen) atoms. The molecule has 0 aromatic heterocycles. The molecular weight excluding hydrogens is 250 g/mol. The summed E-state index contributed by atoms with van der Waals surface area (Å²) in [6.07, 6.45) is 4.68. The van der Waals surface area contributed by atoms with E-state index in [1.54, 1.807) is 0 Å². The van der Waals surface area contributed by atoms with Gasteiger partial charge in [0.2, 0.25) is 0 Å². The van der Waals surface area contributed by atoms with Gasteiger partial charge in [-0.25, -0.2) is 0 Å². The number of para-hydroxylation sites is 1. The zero-order valence-electron chi connectivity index (χ0n) is 12.4. The van der Waals surface area contributed by atoms with Crippen molar-refractivity contribution in [3.05, 3.63) is 29.3 Å². The lowest BCUT2D eigenvalue weighted by Gasteiger charge is -2.33. The topological polar surface area (TPSA) is 30.5 Å². The fraction of sp³-hybridized carbons (Fsp3) is 0.647. The molecule has 1 aromatic rings. The molecule has 2 aliphatic heterocycles. The molecule has 0 saturated carbocycles. The molecule has 3 rings (SSSR count). The van der Waals surface area contributed by atoms with E-state index in [9.17, 15) is 0 Å². The molecule has 2 atom stereocenters. The van der Waals surface area contributed by atoms with Crippen LogP contribution in [0, 0.1) is 5.92 Å². The quantitative estimate of drug-likeness (QED) is 0.916. The maximum absolute atomic E-state index is 5.99. The van der Waals surface area contributed by atoms with E-state index >= 15 is 0 Å². The summed E-state index contributed by atoms with van der Waals surface area (Å²) < 4.78 is 11.7. The molecule has 2 unspecified atom stereocenters.